The molecule has 3 aromatic heterocycles. The molecule has 2 aromatic carbocycles. The largest absolute Gasteiger partial charge is 0.497 e. The predicted molar refractivity (Wildman–Crippen MR) is 128 cm³/mol. The molecule has 0 N–H and O–H groups in total. The number of thioether (sulfide) groups is 1. The van der Waals surface area contributed by atoms with E-state index in [-0.39, 0.29) is 5.82 Å². The molecule has 5 aromatic rings. The number of benzene rings is 2. The number of rotatable bonds is 7. The van der Waals surface area contributed by atoms with Gasteiger partial charge in [-0.25, -0.2) is 9.37 Å². The van der Waals surface area contributed by atoms with Gasteiger partial charge in [0.25, 0.3) is 0 Å². The molecule has 33 heavy (non-hydrogen) atoms. The molecule has 0 unspecified atom stereocenters. The van der Waals surface area contributed by atoms with Crippen LogP contribution in [-0.2, 0) is 5.75 Å². The lowest BCUT2D eigenvalue weighted by Crippen LogP contribution is -2.00. The molecule has 0 radical (unpaired) electrons. The average Bonchev–Trinajstić information content (AvgIpc) is 3.51. The van der Waals surface area contributed by atoms with E-state index in [0.29, 0.717) is 16.7 Å². The highest BCUT2D eigenvalue weighted by molar-refractivity contribution is 7.98. The Bertz CT molecular complexity index is 1370. The van der Waals surface area contributed by atoms with E-state index in [2.05, 4.69) is 15.2 Å². The molecule has 0 bridgehead atoms. The van der Waals surface area contributed by atoms with E-state index in [9.17, 15) is 4.39 Å². The zero-order valence-electron chi connectivity index (χ0n) is 17.6. The third-order valence-electron chi connectivity index (χ3n) is 4.87. The van der Waals surface area contributed by atoms with E-state index in [0.717, 1.165) is 33.3 Å². The lowest BCUT2D eigenvalue weighted by molar-refractivity contribution is 0.415. The van der Waals surface area contributed by atoms with Crippen LogP contribution in [0, 0.1) is 5.82 Å². The third-order valence-corrected chi connectivity index (χ3v) is 6.78. The Labute approximate surface area is 198 Å². The van der Waals surface area contributed by atoms with Crippen LogP contribution in [-0.4, -0.2) is 31.8 Å². The molecular formula is C24H18FN5OS2. The van der Waals surface area contributed by atoms with Gasteiger partial charge in [-0.05, 0) is 48.5 Å². The fraction of sp³-hybridized carbons (Fsp3) is 0.0833. The molecule has 0 aliphatic heterocycles. The number of thiazole rings is 1. The van der Waals surface area contributed by atoms with Gasteiger partial charge in [-0.1, -0.05) is 23.9 Å². The van der Waals surface area contributed by atoms with Gasteiger partial charge in [0.15, 0.2) is 11.0 Å². The first kappa shape index (κ1) is 21.3. The highest BCUT2D eigenvalue weighted by Crippen LogP contribution is 2.32. The SMILES string of the molecule is COc1cccc(-c2nc(CSc3nnc(-c4ccncc4)n3-c3ccc(F)cc3)cs2)c1. The average molecular weight is 476 g/mol. The monoisotopic (exact) mass is 475 g/mol. The van der Waals surface area contributed by atoms with Crippen molar-refractivity contribution in [1.82, 2.24) is 24.7 Å². The first-order valence-electron chi connectivity index (χ1n) is 10.0. The van der Waals surface area contributed by atoms with Crippen LogP contribution >= 0.6 is 23.1 Å². The van der Waals surface area contributed by atoms with E-state index in [4.69, 9.17) is 9.72 Å². The van der Waals surface area contributed by atoms with Crippen LogP contribution in [0.3, 0.4) is 0 Å². The molecular weight excluding hydrogens is 457 g/mol. The summed E-state index contributed by atoms with van der Waals surface area (Å²) in [5.41, 5.74) is 3.63. The maximum atomic E-state index is 13.5. The molecule has 0 fully saturated rings. The van der Waals surface area contributed by atoms with Crippen LogP contribution in [0.25, 0.3) is 27.6 Å². The lowest BCUT2D eigenvalue weighted by atomic mass is 10.2. The van der Waals surface area contributed by atoms with Crippen molar-refractivity contribution in [3.8, 4) is 33.4 Å². The van der Waals surface area contributed by atoms with Crippen molar-refractivity contribution in [2.45, 2.75) is 10.9 Å². The van der Waals surface area contributed by atoms with Gasteiger partial charge in [0.2, 0.25) is 0 Å². The number of halogens is 1. The van der Waals surface area contributed by atoms with Gasteiger partial charge in [-0.3, -0.25) is 9.55 Å². The van der Waals surface area contributed by atoms with Gasteiger partial charge in [-0.2, -0.15) is 0 Å². The van der Waals surface area contributed by atoms with Gasteiger partial charge in [0.05, 0.1) is 12.8 Å². The first-order valence-corrected chi connectivity index (χ1v) is 11.9. The quantitative estimate of drug-likeness (QED) is 0.273. The van der Waals surface area contributed by atoms with Gasteiger partial charge < -0.3 is 4.74 Å². The number of pyridine rings is 1. The zero-order valence-corrected chi connectivity index (χ0v) is 19.2. The smallest absolute Gasteiger partial charge is 0.196 e. The lowest BCUT2D eigenvalue weighted by Gasteiger charge is -2.10. The van der Waals surface area contributed by atoms with Crippen molar-refractivity contribution in [2.24, 2.45) is 0 Å². The summed E-state index contributed by atoms with van der Waals surface area (Å²) < 4.78 is 20.8. The summed E-state index contributed by atoms with van der Waals surface area (Å²) in [7, 11) is 1.65. The Morgan fingerprint density at radius 1 is 1.00 bits per heavy atom. The van der Waals surface area contributed by atoms with Crippen molar-refractivity contribution in [3.63, 3.8) is 0 Å². The van der Waals surface area contributed by atoms with Crippen LogP contribution in [0.15, 0.2) is 83.6 Å². The van der Waals surface area contributed by atoms with Crippen molar-refractivity contribution in [1.29, 1.82) is 0 Å². The van der Waals surface area contributed by atoms with Crippen molar-refractivity contribution < 1.29 is 9.13 Å². The normalized spacial score (nSPS) is 11.0. The van der Waals surface area contributed by atoms with Gasteiger partial charge in [0.1, 0.15) is 16.6 Å². The fourth-order valence-corrected chi connectivity index (χ4v) is 5.04. The molecule has 3 heterocycles. The summed E-state index contributed by atoms with van der Waals surface area (Å²) in [4.78, 5) is 8.86. The third kappa shape index (κ3) is 4.64. The minimum atomic E-state index is -0.293. The molecule has 6 nitrogen and oxygen atoms in total. The minimum Gasteiger partial charge on any atom is -0.497 e. The van der Waals surface area contributed by atoms with Crippen LogP contribution in [0.5, 0.6) is 5.75 Å². The number of methoxy groups -OCH3 is 1. The molecule has 164 valence electrons. The second-order valence-electron chi connectivity index (χ2n) is 7.02. The molecule has 0 saturated heterocycles. The Balaban J connectivity index is 1.43. The Hall–Kier alpha value is -3.56. The maximum absolute atomic E-state index is 13.5. The summed E-state index contributed by atoms with van der Waals surface area (Å²) >= 11 is 3.12. The van der Waals surface area contributed by atoms with E-state index < -0.39 is 0 Å². The summed E-state index contributed by atoms with van der Waals surface area (Å²) in [6, 6.07) is 17.9. The Kier molecular flexibility index (Phi) is 6.14. The number of nitrogens with zero attached hydrogens (tertiary/aromatic N) is 5. The van der Waals surface area contributed by atoms with Gasteiger partial charge in [0, 0.05) is 40.3 Å². The second-order valence-corrected chi connectivity index (χ2v) is 8.82. The van der Waals surface area contributed by atoms with Crippen LogP contribution < -0.4 is 4.74 Å². The summed E-state index contributed by atoms with van der Waals surface area (Å²) in [6.07, 6.45) is 3.42. The standard InChI is InChI=1S/C24H18FN5OS2/c1-31-21-4-2-3-17(13-21)23-27-19(14-32-23)15-33-24-29-28-22(16-9-11-26-12-10-16)30(24)20-7-5-18(25)6-8-20/h2-14H,15H2,1H3. The Morgan fingerprint density at radius 2 is 1.82 bits per heavy atom. The highest BCUT2D eigenvalue weighted by Gasteiger charge is 2.17. The fourth-order valence-electron chi connectivity index (χ4n) is 3.27. The summed E-state index contributed by atoms with van der Waals surface area (Å²) in [5, 5.41) is 12.5. The number of ether oxygens (including phenoxy) is 1. The van der Waals surface area contributed by atoms with Crippen molar-refractivity contribution in [2.75, 3.05) is 7.11 Å². The molecule has 0 atom stereocenters. The van der Waals surface area contributed by atoms with Crippen molar-refractivity contribution >= 4 is 23.1 Å². The molecule has 0 amide bonds. The predicted octanol–water partition coefficient (Wildman–Crippen LogP) is 5.89. The van der Waals surface area contributed by atoms with Crippen LogP contribution in [0.2, 0.25) is 0 Å². The minimum absolute atomic E-state index is 0.293. The molecule has 0 saturated carbocycles. The van der Waals surface area contributed by atoms with Gasteiger partial charge in [-0.15, -0.1) is 21.5 Å². The van der Waals surface area contributed by atoms with Gasteiger partial charge >= 0.3 is 0 Å². The summed E-state index contributed by atoms with van der Waals surface area (Å²) in [6.45, 7) is 0. The van der Waals surface area contributed by atoms with E-state index in [1.165, 1.54) is 23.9 Å². The van der Waals surface area contributed by atoms with E-state index in [1.54, 1.807) is 43.0 Å². The van der Waals surface area contributed by atoms with Crippen LogP contribution in [0.4, 0.5) is 4.39 Å². The summed E-state index contributed by atoms with van der Waals surface area (Å²) in [5.74, 6) is 1.80. The molecule has 0 aliphatic carbocycles. The number of aromatic nitrogens is 5. The highest BCUT2D eigenvalue weighted by atomic mass is 32.2. The van der Waals surface area contributed by atoms with Crippen molar-refractivity contribution in [3.05, 3.63) is 89.9 Å². The topological polar surface area (TPSA) is 65.7 Å². The molecule has 9 heteroatoms. The maximum Gasteiger partial charge on any atom is 0.196 e. The first-order chi connectivity index (χ1) is 16.2. The van der Waals surface area contributed by atoms with E-state index in [1.807, 2.05) is 46.3 Å². The van der Waals surface area contributed by atoms with Crippen LogP contribution in [0.1, 0.15) is 5.69 Å². The second kappa shape index (κ2) is 9.51. The number of hydrogen-bond acceptors (Lipinski definition) is 7. The molecule has 0 spiro atoms. The number of hydrogen-bond donors (Lipinski definition) is 0. The van der Waals surface area contributed by atoms with E-state index >= 15 is 0 Å². The molecule has 0 aliphatic rings. The Morgan fingerprint density at radius 3 is 2.61 bits per heavy atom. The molecule has 5 rings (SSSR count). The zero-order chi connectivity index (χ0) is 22.6.